The van der Waals surface area contributed by atoms with E-state index in [1.54, 1.807) is 0 Å². The first kappa shape index (κ1) is 19.0. The zero-order chi connectivity index (χ0) is 18.4. The molecular formula is C19H26N4O2S. The first-order chi connectivity index (χ1) is 12.5. The van der Waals surface area contributed by atoms with Crippen LogP contribution in [0.25, 0.3) is 0 Å². The predicted molar refractivity (Wildman–Crippen MR) is 103 cm³/mol. The Labute approximate surface area is 155 Å². The van der Waals surface area contributed by atoms with E-state index in [-0.39, 0.29) is 6.04 Å². The van der Waals surface area contributed by atoms with Crippen LogP contribution in [0.4, 0.5) is 0 Å². The number of benzene rings is 2. The minimum atomic E-state index is -3.87. The Hall–Kier alpha value is -1.77. The highest BCUT2D eigenvalue weighted by molar-refractivity contribution is 7.87. The first-order valence-electron chi connectivity index (χ1n) is 8.94. The maximum atomic E-state index is 11.9. The molecule has 0 aliphatic carbocycles. The Morgan fingerprint density at radius 2 is 1.31 bits per heavy atom. The fraction of sp³-hybridized carbons (Fsp3) is 0.368. The van der Waals surface area contributed by atoms with Crippen molar-refractivity contribution in [3.63, 3.8) is 0 Å². The van der Waals surface area contributed by atoms with Crippen LogP contribution in [-0.4, -0.2) is 26.5 Å². The lowest BCUT2D eigenvalue weighted by atomic mass is 9.94. The van der Waals surface area contributed by atoms with Crippen molar-refractivity contribution in [3.8, 4) is 0 Å². The second-order valence-corrected chi connectivity index (χ2v) is 7.94. The van der Waals surface area contributed by atoms with Gasteiger partial charge >= 0.3 is 0 Å². The number of nitrogens with two attached hydrogens (primary N) is 1. The Kier molecular flexibility index (Phi) is 6.39. The number of piperidine rings is 1. The van der Waals surface area contributed by atoms with Crippen molar-refractivity contribution in [3.05, 3.63) is 71.8 Å². The summed E-state index contributed by atoms with van der Waals surface area (Å²) in [4.78, 5) is 0. The van der Waals surface area contributed by atoms with Gasteiger partial charge in [-0.2, -0.15) is 13.1 Å². The smallest absolute Gasteiger partial charge is 0.246 e. The maximum absolute atomic E-state index is 11.9. The molecule has 4 N–H and O–H groups in total. The molecule has 1 fully saturated rings. The second kappa shape index (κ2) is 8.75. The van der Waals surface area contributed by atoms with Gasteiger partial charge in [-0.05, 0) is 24.0 Å². The molecule has 2 atom stereocenters. The van der Waals surface area contributed by atoms with Crippen LogP contribution in [0.15, 0.2) is 60.7 Å². The first-order valence-corrected chi connectivity index (χ1v) is 10.5. The molecule has 7 heteroatoms. The summed E-state index contributed by atoms with van der Waals surface area (Å²) in [5.74, 6) is 0. The number of hydrazine groups is 1. The Bertz CT molecular complexity index is 778. The van der Waals surface area contributed by atoms with Gasteiger partial charge in [0.1, 0.15) is 0 Å². The largest absolute Gasteiger partial charge is 0.274 e. The Morgan fingerprint density at radius 1 is 0.808 bits per heavy atom. The molecule has 0 amide bonds. The van der Waals surface area contributed by atoms with Crippen molar-refractivity contribution in [1.29, 1.82) is 0 Å². The fourth-order valence-electron chi connectivity index (χ4n) is 3.39. The van der Waals surface area contributed by atoms with Crippen molar-refractivity contribution in [2.75, 3.05) is 13.1 Å². The number of hydrogen-bond donors (Lipinski definition) is 3. The van der Waals surface area contributed by atoms with E-state index in [1.165, 1.54) is 6.42 Å². The highest BCUT2D eigenvalue weighted by Crippen LogP contribution is 2.30. The molecule has 0 spiro atoms. The van der Waals surface area contributed by atoms with E-state index in [1.807, 2.05) is 60.7 Å². The van der Waals surface area contributed by atoms with E-state index >= 15 is 0 Å². The van der Waals surface area contributed by atoms with Gasteiger partial charge in [0.2, 0.25) is 0 Å². The van der Waals surface area contributed by atoms with Gasteiger partial charge in [-0.1, -0.05) is 67.1 Å². The van der Waals surface area contributed by atoms with E-state index < -0.39 is 16.3 Å². The molecule has 1 saturated heterocycles. The summed E-state index contributed by atoms with van der Waals surface area (Å²) in [6.45, 7) is 1.89. The summed E-state index contributed by atoms with van der Waals surface area (Å²) in [7, 11) is -3.87. The van der Waals surface area contributed by atoms with E-state index in [9.17, 15) is 8.42 Å². The van der Waals surface area contributed by atoms with Crippen LogP contribution >= 0.6 is 0 Å². The van der Waals surface area contributed by atoms with Gasteiger partial charge in [-0.15, -0.1) is 0 Å². The lowest BCUT2D eigenvalue weighted by Crippen LogP contribution is -2.49. The topological polar surface area (TPSA) is 87.5 Å². The molecule has 0 unspecified atom stereocenters. The van der Waals surface area contributed by atoms with Crippen LogP contribution in [0.2, 0.25) is 0 Å². The van der Waals surface area contributed by atoms with Gasteiger partial charge in [0.05, 0.1) is 12.1 Å². The Balaban J connectivity index is 1.97. The summed E-state index contributed by atoms with van der Waals surface area (Å²) in [6, 6.07) is 18.6. The molecule has 2 aromatic rings. The minimum Gasteiger partial charge on any atom is -0.246 e. The molecule has 0 aromatic heterocycles. The molecule has 1 aliphatic rings. The predicted octanol–water partition coefficient (Wildman–Crippen LogP) is 2.25. The lowest BCUT2D eigenvalue weighted by Gasteiger charge is -2.36. The molecule has 1 aliphatic heterocycles. The average molecular weight is 375 g/mol. The van der Waals surface area contributed by atoms with Gasteiger partial charge < -0.3 is 0 Å². The highest BCUT2D eigenvalue weighted by Gasteiger charge is 2.29. The van der Waals surface area contributed by atoms with Crippen LogP contribution in [0, 0.1) is 0 Å². The highest BCUT2D eigenvalue weighted by atomic mass is 32.2. The molecule has 0 saturated carbocycles. The number of hydrogen-bond acceptors (Lipinski definition) is 4. The molecule has 0 radical (unpaired) electrons. The minimum absolute atomic E-state index is 0.268. The van der Waals surface area contributed by atoms with Crippen molar-refractivity contribution in [2.45, 2.75) is 31.3 Å². The number of rotatable bonds is 7. The van der Waals surface area contributed by atoms with Gasteiger partial charge in [0, 0.05) is 13.1 Å². The summed E-state index contributed by atoms with van der Waals surface area (Å²) in [5, 5.41) is 7.52. The van der Waals surface area contributed by atoms with Crippen molar-refractivity contribution < 1.29 is 8.42 Å². The summed E-state index contributed by atoms with van der Waals surface area (Å²) < 4.78 is 26.4. The molecule has 2 aromatic carbocycles. The summed E-state index contributed by atoms with van der Waals surface area (Å²) >= 11 is 0. The molecule has 6 nitrogen and oxygen atoms in total. The quantitative estimate of drug-likeness (QED) is 0.694. The standard InChI is InChI=1S/C19H26N4O2S/c20-26(24,25)22-19(17-12-6-2-7-13-17)18(16-10-4-1-5-11-16)21-23-14-8-3-9-15-23/h1-2,4-7,10-13,18-19,21-22H,3,8-9,14-15H2,(H2,20,24,25)/t18-,19-/m0/s1. The SMILES string of the molecule is NS(=O)(=O)N[C@@H](c1ccccc1)[C@@H](NN1CCCCC1)c1ccccc1. The van der Waals surface area contributed by atoms with Crippen molar-refractivity contribution >= 4 is 10.2 Å². The van der Waals surface area contributed by atoms with Crippen LogP contribution in [0.5, 0.6) is 0 Å². The van der Waals surface area contributed by atoms with E-state index in [2.05, 4.69) is 15.2 Å². The summed E-state index contributed by atoms with van der Waals surface area (Å²) in [5.41, 5.74) is 5.41. The van der Waals surface area contributed by atoms with Gasteiger partial charge in [-0.25, -0.2) is 15.6 Å². The molecule has 140 valence electrons. The summed E-state index contributed by atoms with van der Waals surface area (Å²) in [6.07, 6.45) is 3.49. The van der Waals surface area contributed by atoms with E-state index in [4.69, 9.17) is 5.14 Å². The number of nitrogens with one attached hydrogen (secondary N) is 2. The normalized spacial score (nSPS) is 18.3. The van der Waals surface area contributed by atoms with Crippen LogP contribution in [0.3, 0.4) is 0 Å². The van der Waals surface area contributed by atoms with E-state index in [0.717, 1.165) is 37.1 Å². The maximum Gasteiger partial charge on any atom is 0.274 e. The van der Waals surface area contributed by atoms with Crippen molar-refractivity contribution in [2.24, 2.45) is 5.14 Å². The molecule has 26 heavy (non-hydrogen) atoms. The average Bonchev–Trinajstić information content (AvgIpc) is 2.66. The second-order valence-electron chi connectivity index (χ2n) is 6.62. The molecular weight excluding hydrogens is 348 g/mol. The third-order valence-electron chi connectivity index (χ3n) is 4.62. The zero-order valence-corrected chi connectivity index (χ0v) is 15.5. The lowest BCUT2D eigenvalue weighted by molar-refractivity contribution is 0.117. The molecule has 3 rings (SSSR count). The van der Waals surface area contributed by atoms with Crippen LogP contribution in [0.1, 0.15) is 42.5 Å². The monoisotopic (exact) mass is 374 g/mol. The molecule has 1 heterocycles. The van der Waals surface area contributed by atoms with Crippen LogP contribution in [-0.2, 0) is 10.2 Å². The third kappa shape index (κ3) is 5.36. The van der Waals surface area contributed by atoms with Crippen LogP contribution < -0.4 is 15.3 Å². The zero-order valence-electron chi connectivity index (χ0n) is 14.7. The fourth-order valence-corrected chi connectivity index (χ4v) is 4.01. The number of nitrogens with zero attached hydrogens (tertiary/aromatic N) is 1. The third-order valence-corrected chi connectivity index (χ3v) is 5.20. The van der Waals surface area contributed by atoms with Gasteiger partial charge in [-0.3, -0.25) is 0 Å². The molecule has 0 bridgehead atoms. The van der Waals surface area contributed by atoms with Crippen molar-refractivity contribution in [1.82, 2.24) is 15.2 Å². The van der Waals surface area contributed by atoms with Gasteiger partial charge in [0.25, 0.3) is 10.2 Å². The van der Waals surface area contributed by atoms with E-state index in [0.29, 0.717) is 0 Å². The Morgan fingerprint density at radius 3 is 1.81 bits per heavy atom. The van der Waals surface area contributed by atoms with Gasteiger partial charge in [0.15, 0.2) is 0 Å².